The molecule has 86 valence electrons. The number of hydrogen-bond acceptors (Lipinski definition) is 1. The Labute approximate surface area is 135 Å². The molecule has 17 heavy (non-hydrogen) atoms. The van der Waals surface area contributed by atoms with Crippen molar-refractivity contribution < 1.29 is 77.5 Å². The first-order valence-corrected chi connectivity index (χ1v) is 3.98. The summed E-state index contributed by atoms with van der Waals surface area (Å²) in [6.07, 6.45) is -5.13. The summed E-state index contributed by atoms with van der Waals surface area (Å²) in [4.78, 5) is 0. The van der Waals surface area contributed by atoms with Crippen molar-refractivity contribution in [2.45, 2.75) is 6.18 Å². The maximum atomic E-state index is 12.4. The van der Waals surface area contributed by atoms with Crippen LogP contribution in [-0.2, 0) is 6.18 Å². The molecular weight excluding hydrogens is 274 g/mol. The largest absolute Gasteiger partial charge is 1.00 e. The van der Waals surface area contributed by atoms with Crippen LogP contribution >= 0.6 is 0 Å². The van der Waals surface area contributed by atoms with E-state index in [4.69, 9.17) is 5.26 Å². The van der Waals surface area contributed by atoms with Crippen LogP contribution in [0.15, 0.2) is 18.2 Å². The minimum absolute atomic E-state index is 0. The van der Waals surface area contributed by atoms with Gasteiger partial charge in [0.2, 0.25) is 0 Å². The number of hydrogen-bond donors (Lipinski definition) is 0. The standard InChI is InChI=1S/C8H3BF6N.K/c10-8(11,12)6-3-1-2-5(4-16)7(6)9(13,14)15;/h1-3H;/q-1;+1. The summed E-state index contributed by atoms with van der Waals surface area (Å²) in [5, 5.41) is 8.36. The zero-order chi connectivity index (χ0) is 12.6. The average Bonchev–Trinajstić information content (AvgIpc) is 2.13. The van der Waals surface area contributed by atoms with Crippen LogP contribution in [0.3, 0.4) is 0 Å². The molecule has 0 aliphatic rings. The second kappa shape index (κ2) is 5.75. The van der Waals surface area contributed by atoms with Crippen LogP contribution < -0.4 is 56.8 Å². The number of halogens is 6. The van der Waals surface area contributed by atoms with Crippen molar-refractivity contribution >= 4 is 12.4 Å². The van der Waals surface area contributed by atoms with Gasteiger partial charge < -0.3 is 12.9 Å². The van der Waals surface area contributed by atoms with Gasteiger partial charge in [-0.25, -0.2) is 0 Å². The monoisotopic (exact) mass is 277 g/mol. The van der Waals surface area contributed by atoms with Crippen molar-refractivity contribution in [3.05, 3.63) is 29.3 Å². The maximum absolute atomic E-state index is 12.4. The molecule has 9 heteroatoms. The molecule has 0 radical (unpaired) electrons. The molecule has 0 saturated heterocycles. The molecule has 0 unspecified atom stereocenters. The molecule has 0 aromatic heterocycles. The van der Waals surface area contributed by atoms with Gasteiger partial charge in [-0.3, -0.25) is 0 Å². The van der Waals surface area contributed by atoms with Gasteiger partial charge in [-0.2, -0.15) is 18.4 Å². The third kappa shape index (κ3) is 4.00. The normalized spacial score (nSPS) is 11.6. The summed E-state index contributed by atoms with van der Waals surface area (Å²) < 4.78 is 74.2. The maximum Gasteiger partial charge on any atom is 1.00 e. The predicted molar refractivity (Wildman–Crippen MR) is 44.9 cm³/mol. The predicted octanol–water partition coefficient (Wildman–Crippen LogP) is -0.365. The van der Waals surface area contributed by atoms with Crippen LogP contribution in [0.25, 0.3) is 0 Å². The summed E-state index contributed by atoms with van der Waals surface area (Å²) in [6, 6.07) is 2.90. The molecule has 1 aromatic carbocycles. The van der Waals surface area contributed by atoms with Gasteiger partial charge in [-0.1, -0.05) is 17.6 Å². The van der Waals surface area contributed by atoms with Crippen molar-refractivity contribution in [1.29, 1.82) is 5.26 Å². The fourth-order valence-corrected chi connectivity index (χ4v) is 1.26. The van der Waals surface area contributed by atoms with E-state index in [1.165, 1.54) is 0 Å². The van der Waals surface area contributed by atoms with E-state index >= 15 is 0 Å². The molecule has 0 aliphatic heterocycles. The Bertz CT molecular complexity index is 447. The second-order valence-electron chi connectivity index (χ2n) is 2.95. The fraction of sp³-hybridized carbons (Fsp3) is 0.125. The van der Waals surface area contributed by atoms with E-state index in [1.54, 1.807) is 0 Å². The molecule has 1 aromatic rings. The van der Waals surface area contributed by atoms with Crippen molar-refractivity contribution in [2.24, 2.45) is 0 Å². The smallest absolute Gasteiger partial charge is 0.445 e. The summed E-state index contributed by atoms with van der Waals surface area (Å²) in [7, 11) is 0. The first-order chi connectivity index (χ1) is 7.18. The zero-order valence-electron chi connectivity index (χ0n) is 8.52. The van der Waals surface area contributed by atoms with Crippen molar-refractivity contribution in [1.82, 2.24) is 0 Å². The van der Waals surface area contributed by atoms with E-state index in [-0.39, 0.29) is 51.4 Å². The first kappa shape index (κ1) is 17.0. The molecule has 0 fully saturated rings. The number of nitrogens with zero attached hydrogens (tertiary/aromatic N) is 1. The van der Waals surface area contributed by atoms with E-state index in [0.29, 0.717) is 12.1 Å². The topological polar surface area (TPSA) is 23.8 Å². The van der Waals surface area contributed by atoms with Gasteiger partial charge in [0.15, 0.2) is 0 Å². The van der Waals surface area contributed by atoms with Crippen LogP contribution in [0.2, 0.25) is 0 Å². The number of rotatable bonds is 1. The Balaban J connectivity index is 0.00000256. The molecular formula is C8H3BF6KN. The van der Waals surface area contributed by atoms with Gasteiger partial charge in [0.05, 0.1) is 6.07 Å². The Morgan fingerprint density at radius 3 is 2.00 bits per heavy atom. The molecule has 1 rings (SSSR count). The Kier molecular flexibility index (Phi) is 5.75. The Morgan fingerprint density at radius 1 is 1.12 bits per heavy atom. The van der Waals surface area contributed by atoms with Crippen LogP contribution in [0, 0.1) is 11.3 Å². The number of nitriles is 1. The van der Waals surface area contributed by atoms with Gasteiger partial charge >= 0.3 is 64.5 Å². The molecule has 0 spiro atoms. The molecule has 0 aliphatic carbocycles. The zero-order valence-corrected chi connectivity index (χ0v) is 11.6. The third-order valence-corrected chi connectivity index (χ3v) is 1.86. The molecule has 0 saturated carbocycles. The third-order valence-electron chi connectivity index (χ3n) is 1.86. The van der Waals surface area contributed by atoms with E-state index in [2.05, 4.69) is 0 Å². The molecule has 0 bridgehead atoms. The minimum Gasteiger partial charge on any atom is -0.445 e. The van der Waals surface area contributed by atoms with E-state index < -0.39 is 29.7 Å². The van der Waals surface area contributed by atoms with Crippen molar-refractivity contribution in [3.63, 3.8) is 0 Å². The Hall–Kier alpha value is -0.00870. The van der Waals surface area contributed by atoms with Crippen LogP contribution in [0.5, 0.6) is 0 Å². The molecule has 0 atom stereocenters. The summed E-state index contributed by atoms with van der Waals surface area (Å²) >= 11 is 0. The number of benzene rings is 1. The minimum atomic E-state index is -5.88. The summed E-state index contributed by atoms with van der Waals surface area (Å²) in [5.41, 5.74) is -4.71. The van der Waals surface area contributed by atoms with Crippen LogP contribution in [0.4, 0.5) is 26.1 Å². The van der Waals surface area contributed by atoms with Crippen molar-refractivity contribution in [3.8, 4) is 6.07 Å². The SMILES string of the molecule is N#Cc1cccc(C(F)(F)F)c1[B-](F)(F)F.[K+]. The molecule has 0 amide bonds. The molecule has 0 heterocycles. The van der Waals surface area contributed by atoms with Crippen molar-refractivity contribution in [2.75, 3.05) is 0 Å². The second-order valence-corrected chi connectivity index (χ2v) is 2.95. The summed E-state index contributed by atoms with van der Waals surface area (Å²) in [5.74, 6) is 0. The van der Waals surface area contributed by atoms with E-state index in [1.807, 2.05) is 0 Å². The average molecular weight is 277 g/mol. The van der Waals surface area contributed by atoms with Gasteiger partial charge in [-0.05, 0) is 6.07 Å². The van der Waals surface area contributed by atoms with Crippen LogP contribution in [-0.4, -0.2) is 6.98 Å². The van der Waals surface area contributed by atoms with Crippen LogP contribution in [0.1, 0.15) is 11.1 Å². The fourth-order valence-electron chi connectivity index (χ4n) is 1.26. The number of alkyl halides is 3. The van der Waals surface area contributed by atoms with Gasteiger partial charge in [-0.15, -0.1) is 0 Å². The van der Waals surface area contributed by atoms with Gasteiger partial charge in [0.1, 0.15) is 0 Å². The molecule has 0 N–H and O–H groups in total. The first-order valence-electron chi connectivity index (χ1n) is 3.98. The summed E-state index contributed by atoms with van der Waals surface area (Å²) in [6.45, 7) is -5.88. The van der Waals surface area contributed by atoms with Gasteiger partial charge in [0.25, 0.3) is 0 Å². The quantitative estimate of drug-likeness (QED) is 0.508. The van der Waals surface area contributed by atoms with E-state index in [0.717, 1.165) is 12.1 Å². The molecule has 1 nitrogen and oxygen atoms in total. The Morgan fingerprint density at radius 2 is 1.65 bits per heavy atom. The van der Waals surface area contributed by atoms with Gasteiger partial charge in [0, 0.05) is 11.1 Å². The van der Waals surface area contributed by atoms with E-state index in [9.17, 15) is 26.1 Å².